The zero-order chi connectivity index (χ0) is 17.1. The topological polar surface area (TPSA) is 48.4 Å². The van der Waals surface area contributed by atoms with E-state index in [1.54, 1.807) is 6.07 Å². The highest BCUT2D eigenvalue weighted by Crippen LogP contribution is 2.27. The Kier molecular flexibility index (Phi) is 4.47. The number of ether oxygens (including phenoxy) is 2. The fourth-order valence-corrected chi connectivity index (χ4v) is 2.58. The molecule has 2 aromatic carbocycles. The number of hydrogen-bond acceptors (Lipinski definition) is 4. The molecule has 4 nitrogen and oxygen atoms in total. The molecule has 0 saturated carbocycles. The fraction of sp³-hybridized carbons (Fsp3) is 0.200. The molecular formula is C20H19NO3. The number of rotatable bonds is 4. The summed E-state index contributed by atoms with van der Waals surface area (Å²) in [5.41, 5.74) is 4.43. The van der Waals surface area contributed by atoms with Crippen molar-refractivity contribution in [1.82, 2.24) is 4.98 Å². The van der Waals surface area contributed by atoms with E-state index < -0.39 is 5.97 Å². The summed E-state index contributed by atoms with van der Waals surface area (Å²) in [6.07, 6.45) is 0. The number of fused-ring (bicyclic) bond motifs is 1. The lowest BCUT2D eigenvalue weighted by atomic mass is 10.1. The minimum Gasteiger partial charge on any atom is -0.488 e. The minimum absolute atomic E-state index is 0.243. The van der Waals surface area contributed by atoms with Crippen LogP contribution in [-0.2, 0) is 11.3 Å². The van der Waals surface area contributed by atoms with Crippen molar-refractivity contribution in [3.8, 4) is 5.75 Å². The van der Waals surface area contributed by atoms with E-state index in [9.17, 15) is 4.79 Å². The lowest BCUT2D eigenvalue weighted by Crippen LogP contribution is -2.06. The Morgan fingerprint density at radius 3 is 2.67 bits per heavy atom. The molecule has 0 N–H and O–H groups in total. The molecule has 24 heavy (non-hydrogen) atoms. The van der Waals surface area contributed by atoms with Crippen LogP contribution >= 0.6 is 0 Å². The molecular weight excluding hydrogens is 302 g/mol. The van der Waals surface area contributed by atoms with Crippen LogP contribution in [0.25, 0.3) is 10.9 Å². The molecule has 3 rings (SSSR count). The Hall–Kier alpha value is -2.88. The second-order valence-electron chi connectivity index (χ2n) is 5.73. The molecule has 0 aliphatic carbocycles. The van der Waals surface area contributed by atoms with E-state index >= 15 is 0 Å². The second kappa shape index (κ2) is 6.71. The van der Waals surface area contributed by atoms with Gasteiger partial charge < -0.3 is 9.47 Å². The van der Waals surface area contributed by atoms with E-state index in [1.165, 1.54) is 18.2 Å². The first-order valence-corrected chi connectivity index (χ1v) is 7.75. The van der Waals surface area contributed by atoms with Gasteiger partial charge in [0.05, 0.1) is 12.6 Å². The van der Waals surface area contributed by atoms with Crippen molar-refractivity contribution >= 4 is 16.9 Å². The van der Waals surface area contributed by atoms with Crippen LogP contribution in [0.1, 0.15) is 27.2 Å². The Bertz CT molecular complexity index is 903. The highest BCUT2D eigenvalue weighted by Gasteiger charge is 2.13. The van der Waals surface area contributed by atoms with Crippen LogP contribution in [0.4, 0.5) is 0 Å². The van der Waals surface area contributed by atoms with E-state index in [1.807, 2.05) is 24.3 Å². The Balaban J connectivity index is 1.98. The van der Waals surface area contributed by atoms with Gasteiger partial charge in [-0.05, 0) is 37.1 Å². The van der Waals surface area contributed by atoms with Gasteiger partial charge in [-0.3, -0.25) is 0 Å². The quantitative estimate of drug-likeness (QED) is 0.675. The van der Waals surface area contributed by atoms with Crippen LogP contribution in [0, 0.1) is 13.8 Å². The molecule has 0 aliphatic rings. The smallest absolute Gasteiger partial charge is 0.356 e. The number of carbonyl (C=O) groups is 1. The van der Waals surface area contributed by atoms with Gasteiger partial charge in [0.15, 0.2) is 5.69 Å². The average Bonchev–Trinajstić information content (AvgIpc) is 2.61. The van der Waals surface area contributed by atoms with Gasteiger partial charge in [0.2, 0.25) is 0 Å². The molecule has 0 fully saturated rings. The number of carbonyl (C=O) groups excluding carboxylic acids is 1. The number of methoxy groups -OCH3 is 1. The van der Waals surface area contributed by atoms with Gasteiger partial charge >= 0.3 is 5.97 Å². The van der Waals surface area contributed by atoms with Gasteiger partial charge in [-0.25, -0.2) is 9.78 Å². The molecule has 0 bridgehead atoms. The maximum atomic E-state index is 11.8. The third-order valence-corrected chi connectivity index (χ3v) is 3.96. The van der Waals surface area contributed by atoms with Crippen molar-refractivity contribution in [2.24, 2.45) is 0 Å². The third-order valence-electron chi connectivity index (χ3n) is 3.96. The highest BCUT2D eigenvalue weighted by atomic mass is 16.5. The van der Waals surface area contributed by atoms with Gasteiger partial charge in [-0.15, -0.1) is 0 Å². The number of esters is 1. The van der Waals surface area contributed by atoms with Crippen molar-refractivity contribution in [3.05, 3.63) is 70.9 Å². The van der Waals surface area contributed by atoms with Gasteiger partial charge in [-0.2, -0.15) is 0 Å². The summed E-state index contributed by atoms with van der Waals surface area (Å²) >= 11 is 0. The van der Waals surface area contributed by atoms with E-state index in [4.69, 9.17) is 9.47 Å². The molecule has 1 heterocycles. The molecule has 0 unspecified atom stereocenters. The molecule has 0 atom stereocenters. The van der Waals surface area contributed by atoms with Crippen LogP contribution in [-0.4, -0.2) is 18.1 Å². The highest BCUT2D eigenvalue weighted by molar-refractivity contribution is 5.94. The maximum absolute atomic E-state index is 11.8. The van der Waals surface area contributed by atoms with Crippen LogP contribution in [0.2, 0.25) is 0 Å². The standard InChI is InChI=1S/C20H19NO3/c1-13-8-9-14(2)15(10-13)12-24-19-11-18(20(22)23-3)21-17-7-5-4-6-16(17)19/h4-11H,12H2,1-3H3. The summed E-state index contributed by atoms with van der Waals surface area (Å²) in [6.45, 7) is 4.55. The number of benzene rings is 2. The average molecular weight is 321 g/mol. The van der Waals surface area contributed by atoms with E-state index in [2.05, 4.69) is 37.0 Å². The van der Waals surface area contributed by atoms with Crippen LogP contribution in [0.15, 0.2) is 48.5 Å². The van der Waals surface area contributed by atoms with E-state index in [0.717, 1.165) is 10.9 Å². The summed E-state index contributed by atoms with van der Waals surface area (Å²) < 4.78 is 10.8. The largest absolute Gasteiger partial charge is 0.488 e. The molecule has 0 aliphatic heterocycles. The van der Waals surface area contributed by atoms with Crippen molar-refractivity contribution in [2.45, 2.75) is 20.5 Å². The summed E-state index contributed by atoms with van der Waals surface area (Å²) in [5.74, 6) is 0.152. The van der Waals surface area contributed by atoms with E-state index in [-0.39, 0.29) is 5.69 Å². The van der Waals surface area contributed by atoms with Gasteiger partial charge in [-0.1, -0.05) is 35.9 Å². The molecule has 4 heteroatoms. The number of hydrogen-bond donors (Lipinski definition) is 0. The fourth-order valence-electron chi connectivity index (χ4n) is 2.58. The normalized spacial score (nSPS) is 10.6. The van der Waals surface area contributed by atoms with Crippen molar-refractivity contribution in [3.63, 3.8) is 0 Å². The van der Waals surface area contributed by atoms with Crippen molar-refractivity contribution in [1.29, 1.82) is 0 Å². The number of pyridine rings is 1. The van der Waals surface area contributed by atoms with E-state index in [0.29, 0.717) is 17.9 Å². The molecule has 0 radical (unpaired) electrons. The zero-order valence-corrected chi connectivity index (χ0v) is 14.0. The first kappa shape index (κ1) is 16.0. The van der Waals surface area contributed by atoms with Crippen LogP contribution in [0.5, 0.6) is 5.75 Å². The Morgan fingerprint density at radius 1 is 1.08 bits per heavy atom. The monoisotopic (exact) mass is 321 g/mol. The SMILES string of the molecule is COC(=O)c1cc(OCc2cc(C)ccc2C)c2ccccc2n1. The number of para-hydroxylation sites is 1. The lowest BCUT2D eigenvalue weighted by Gasteiger charge is -2.12. The summed E-state index contributed by atoms with van der Waals surface area (Å²) in [6, 6.07) is 15.5. The minimum atomic E-state index is -0.475. The van der Waals surface area contributed by atoms with Gasteiger partial charge in [0.1, 0.15) is 12.4 Å². The third kappa shape index (κ3) is 3.23. The number of aryl methyl sites for hydroxylation is 2. The van der Waals surface area contributed by atoms with Crippen molar-refractivity contribution in [2.75, 3.05) is 7.11 Å². The van der Waals surface area contributed by atoms with Crippen LogP contribution < -0.4 is 4.74 Å². The Morgan fingerprint density at radius 2 is 1.88 bits per heavy atom. The summed E-state index contributed by atoms with van der Waals surface area (Å²) in [5, 5.41) is 0.871. The van der Waals surface area contributed by atoms with Gasteiger partial charge in [0, 0.05) is 11.5 Å². The zero-order valence-electron chi connectivity index (χ0n) is 14.0. The number of nitrogens with zero attached hydrogens (tertiary/aromatic N) is 1. The molecule has 0 amide bonds. The first-order valence-electron chi connectivity index (χ1n) is 7.75. The maximum Gasteiger partial charge on any atom is 0.356 e. The molecule has 0 spiro atoms. The second-order valence-corrected chi connectivity index (χ2v) is 5.73. The summed E-state index contributed by atoms with van der Waals surface area (Å²) in [7, 11) is 1.34. The van der Waals surface area contributed by atoms with Crippen molar-refractivity contribution < 1.29 is 14.3 Å². The molecule has 0 saturated heterocycles. The summed E-state index contributed by atoms with van der Waals surface area (Å²) in [4.78, 5) is 16.2. The predicted octanol–water partition coefficient (Wildman–Crippen LogP) is 4.22. The lowest BCUT2D eigenvalue weighted by molar-refractivity contribution is 0.0594. The van der Waals surface area contributed by atoms with Gasteiger partial charge in [0.25, 0.3) is 0 Å². The first-order chi connectivity index (χ1) is 11.6. The van der Waals surface area contributed by atoms with Crippen LogP contribution in [0.3, 0.4) is 0 Å². The molecule has 122 valence electrons. The molecule has 3 aromatic rings. The molecule has 1 aromatic heterocycles. The Labute approximate surface area is 141 Å². The number of aromatic nitrogens is 1. The predicted molar refractivity (Wildman–Crippen MR) is 93.3 cm³/mol.